The average molecular weight is 314 g/mol. The van der Waals surface area contributed by atoms with Crippen LogP contribution in [0.15, 0.2) is 30.3 Å². The Morgan fingerprint density at radius 2 is 1.91 bits per heavy atom. The fourth-order valence-corrected chi connectivity index (χ4v) is 2.27. The van der Waals surface area contributed by atoms with Gasteiger partial charge in [-0.25, -0.2) is 9.97 Å². The van der Waals surface area contributed by atoms with E-state index in [0.717, 1.165) is 24.4 Å². The standard InChI is InChI=1S/C17H22N4O2/c1-4-21(5-2)17-19-14(11-15(20-17)16(18)22)12-8-7-9-13(10-12)23-6-3/h7-11H,4-6H2,1-3H3,(H2,18,22). The van der Waals surface area contributed by atoms with Crippen LogP contribution in [-0.2, 0) is 0 Å². The van der Waals surface area contributed by atoms with E-state index in [9.17, 15) is 4.79 Å². The number of carbonyl (C=O) groups is 1. The minimum Gasteiger partial charge on any atom is -0.494 e. The number of primary amides is 1. The van der Waals surface area contributed by atoms with Crippen molar-refractivity contribution in [2.45, 2.75) is 20.8 Å². The van der Waals surface area contributed by atoms with Crippen LogP contribution in [0.2, 0.25) is 0 Å². The summed E-state index contributed by atoms with van der Waals surface area (Å²) in [5.74, 6) is 0.694. The van der Waals surface area contributed by atoms with E-state index in [1.807, 2.05) is 49.9 Å². The molecule has 1 heterocycles. The fraction of sp³-hybridized carbons (Fsp3) is 0.353. The predicted octanol–water partition coefficient (Wildman–Crippen LogP) is 2.49. The third kappa shape index (κ3) is 3.97. The Hall–Kier alpha value is -2.63. The van der Waals surface area contributed by atoms with Gasteiger partial charge in [-0.15, -0.1) is 0 Å². The van der Waals surface area contributed by atoms with Gasteiger partial charge in [-0.1, -0.05) is 12.1 Å². The normalized spacial score (nSPS) is 10.4. The van der Waals surface area contributed by atoms with E-state index in [1.165, 1.54) is 0 Å². The number of nitrogens with zero attached hydrogens (tertiary/aromatic N) is 3. The molecule has 1 aromatic carbocycles. The monoisotopic (exact) mass is 314 g/mol. The highest BCUT2D eigenvalue weighted by atomic mass is 16.5. The molecular formula is C17H22N4O2. The Labute approximate surface area is 136 Å². The van der Waals surface area contributed by atoms with Crippen molar-refractivity contribution in [1.82, 2.24) is 9.97 Å². The molecule has 0 bridgehead atoms. The molecule has 0 saturated heterocycles. The van der Waals surface area contributed by atoms with Gasteiger partial charge in [0.25, 0.3) is 5.91 Å². The molecule has 0 aliphatic rings. The Kier molecular flexibility index (Phi) is 5.51. The highest BCUT2D eigenvalue weighted by molar-refractivity contribution is 5.92. The zero-order valence-electron chi connectivity index (χ0n) is 13.7. The van der Waals surface area contributed by atoms with E-state index in [1.54, 1.807) is 6.07 Å². The maximum absolute atomic E-state index is 11.6. The molecule has 1 aromatic heterocycles. The van der Waals surface area contributed by atoms with Gasteiger partial charge in [0.15, 0.2) is 0 Å². The summed E-state index contributed by atoms with van der Waals surface area (Å²) in [4.78, 5) is 22.4. The Bertz CT molecular complexity index is 684. The fourth-order valence-electron chi connectivity index (χ4n) is 2.27. The zero-order chi connectivity index (χ0) is 16.8. The Balaban J connectivity index is 2.52. The first-order chi connectivity index (χ1) is 11.1. The van der Waals surface area contributed by atoms with Crippen LogP contribution >= 0.6 is 0 Å². The number of amides is 1. The van der Waals surface area contributed by atoms with E-state index in [2.05, 4.69) is 9.97 Å². The van der Waals surface area contributed by atoms with Crippen LogP contribution < -0.4 is 15.4 Å². The lowest BCUT2D eigenvalue weighted by Gasteiger charge is -2.19. The number of benzene rings is 1. The molecule has 6 nitrogen and oxygen atoms in total. The number of hydrogen-bond donors (Lipinski definition) is 1. The molecule has 0 radical (unpaired) electrons. The minimum absolute atomic E-state index is 0.207. The minimum atomic E-state index is -0.567. The summed E-state index contributed by atoms with van der Waals surface area (Å²) < 4.78 is 5.52. The van der Waals surface area contributed by atoms with Crippen LogP contribution in [0, 0.1) is 0 Å². The van der Waals surface area contributed by atoms with Crippen molar-refractivity contribution in [3.8, 4) is 17.0 Å². The number of rotatable bonds is 7. The van der Waals surface area contributed by atoms with Crippen molar-refractivity contribution in [1.29, 1.82) is 0 Å². The van der Waals surface area contributed by atoms with Crippen LogP contribution in [0.25, 0.3) is 11.3 Å². The second-order valence-electron chi connectivity index (χ2n) is 4.94. The second kappa shape index (κ2) is 7.58. The van der Waals surface area contributed by atoms with E-state index >= 15 is 0 Å². The molecule has 0 unspecified atom stereocenters. The summed E-state index contributed by atoms with van der Waals surface area (Å²) in [6.45, 7) is 8.04. The zero-order valence-corrected chi connectivity index (χ0v) is 13.7. The van der Waals surface area contributed by atoms with E-state index < -0.39 is 5.91 Å². The number of carbonyl (C=O) groups excluding carboxylic acids is 1. The van der Waals surface area contributed by atoms with Crippen LogP contribution in [0.5, 0.6) is 5.75 Å². The van der Waals surface area contributed by atoms with Gasteiger partial charge >= 0.3 is 0 Å². The predicted molar refractivity (Wildman–Crippen MR) is 90.7 cm³/mol. The van der Waals surface area contributed by atoms with Gasteiger partial charge < -0.3 is 15.4 Å². The molecule has 6 heteroatoms. The van der Waals surface area contributed by atoms with Crippen molar-refractivity contribution in [2.75, 3.05) is 24.6 Å². The molecule has 0 aliphatic carbocycles. The highest BCUT2D eigenvalue weighted by Crippen LogP contribution is 2.24. The molecule has 2 aromatic rings. The summed E-state index contributed by atoms with van der Waals surface area (Å²) in [6, 6.07) is 9.20. The molecule has 122 valence electrons. The molecule has 0 fully saturated rings. The molecule has 23 heavy (non-hydrogen) atoms. The van der Waals surface area contributed by atoms with E-state index in [0.29, 0.717) is 18.2 Å². The van der Waals surface area contributed by atoms with Gasteiger partial charge in [0, 0.05) is 18.7 Å². The Morgan fingerprint density at radius 3 is 2.52 bits per heavy atom. The van der Waals surface area contributed by atoms with Crippen molar-refractivity contribution in [2.24, 2.45) is 5.73 Å². The third-order valence-corrected chi connectivity index (χ3v) is 3.45. The quantitative estimate of drug-likeness (QED) is 0.849. The van der Waals surface area contributed by atoms with E-state index in [-0.39, 0.29) is 5.69 Å². The average Bonchev–Trinajstić information content (AvgIpc) is 2.56. The summed E-state index contributed by atoms with van der Waals surface area (Å²) in [5.41, 5.74) is 7.13. The maximum Gasteiger partial charge on any atom is 0.267 e. The van der Waals surface area contributed by atoms with Gasteiger partial charge in [0.05, 0.1) is 12.3 Å². The molecule has 1 amide bonds. The second-order valence-corrected chi connectivity index (χ2v) is 4.94. The molecule has 0 saturated carbocycles. The van der Waals surface area contributed by atoms with Gasteiger partial charge in [-0.3, -0.25) is 4.79 Å². The lowest BCUT2D eigenvalue weighted by Crippen LogP contribution is -2.26. The van der Waals surface area contributed by atoms with Crippen LogP contribution in [0.4, 0.5) is 5.95 Å². The van der Waals surface area contributed by atoms with Crippen molar-refractivity contribution >= 4 is 11.9 Å². The first-order valence-electron chi connectivity index (χ1n) is 7.76. The number of ether oxygens (including phenoxy) is 1. The van der Waals surface area contributed by atoms with E-state index in [4.69, 9.17) is 10.5 Å². The lowest BCUT2D eigenvalue weighted by atomic mass is 10.1. The van der Waals surface area contributed by atoms with Crippen LogP contribution in [-0.4, -0.2) is 35.6 Å². The number of anilines is 1. The largest absolute Gasteiger partial charge is 0.494 e. The van der Waals surface area contributed by atoms with Crippen LogP contribution in [0.1, 0.15) is 31.3 Å². The summed E-state index contributed by atoms with van der Waals surface area (Å²) in [7, 11) is 0. The van der Waals surface area contributed by atoms with Gasteiger partial charge in [-0.2, -0.15) is 0 Å². The number of aromatic nitrogens is 2. The number of nitrogens with two attached hydrogens (primary N) is 1. The molecule has 0 atom stereocenters. The molecular weight excluding hydrogens is 292 g/mol. The van der Waals surface area contributed by atoms with Crippen LogP contribution in [0.3, 0.4) is 0 Å². The van der Waals surface area contributed by atoms with Gasteiger partial charge in [-0.05, 0) is 39.0 Å². The molecule has 0 spiro atoms. The SMILES string of the molecule is CCOc1cccc(-c2cc(C(N)=O)nc(N(CC)CC)n2)c1. The van der Waals surface area contributed by atoms with Crippen molar-refractivity contribution in [3.05, 3.63) is 36.0 Å². The first-order valence-corrected chi connectivity index (χ1v) is 7.76. The van der Waals surface area contributed by atoms with Crippen molar-refractivity contribution in [3.63, 3.8) is 0 Å². The third-order valence-electron chi connectivity index (χ3n) is 3.45. The summed E-state index contributed by atoms with van der Waals surface area (Å²) in [5, 5.41) is 0. The summed E-state index contributed by atoms with van der Waals surface area (Å²) >= 11 is 0. The van der Waals surface area contributed by atoms with Gasteiger partial charge in [0.1, 0.15) is 11.4 Å². The topological polar surface area (TPSA) is 81.3 Å². The lowest BCUT2D eigenvalue weighted by molar-refractivity contribution is 0.0995. The Morgan fingerprint density at radius 1 is 1.17 bits per heavy atom. The smallest absolute Gasteiger partial charge is 0.267 e. The number of hydrogen-bond acceptors (Lipinski definition) is 5. The molecule has 0 aliphatic heterocycles. The van der Waals surface area contributed by atoms with Crippen molar-refractivity contribution < 1.29 is 9.53 Å². The highest BCUT2D eigenvalue weighted by Gasteiger charge is 2.14. The summed E-state index contributed by atoms with van der Waals surface area (Å²) in [6.07, 6.45) is 0. The molecule has 2 rings (SSSR count). The maximum atomic E-state index is 11.6. The first kappa shape index (κ1) is 16.7. The molecule has 2 N–H and O–H groups in total. The van der Waals surface area contributed by atoms with Gasteiger partial charge in [0.2, 0.25) is 5.95 Å².